The number of nitrogens with zero attached hydrogens (tertiary/aromatic N) is 1. The van der Waals surface area contributed by atoms with Crippen molar-refractivity contribution in [1.29, 1.82) is 0 Å². The van der Waals surface area contributed by atoms with Gasteiger partial charge in [0, 0.05) is 22.0 Å². The van der Waals surface area contributed by atoms with Gasteiger partial charge in [0.2, 0.25) is 0 Å². The summed E-state index contributed by atoms with van der Waals surface area (Å²) in [5, 5.41) is 10.6. The predicted molar refractivity (Wildman–Crippen MR) is 107 cm³/mol. The highest BCUT2D eigenvalue weighted by Gasteiger charge is 2.30. The predicted octanol–water partition coefficient (Wildman–Crippen LogP) is 6.04. The third-order valence-electron chi connectivity index (χ3n) is 4.23. The van der Waals surface area contributed by atoms with E-state index in [0.29, 0.717) is 5.92 Å². The van der Waals surface area contributed by atoms with Crippen molar-refractivity contribution in [2.45, 2.75) is 43.3 Å². The van der Waals surface area contributed by atoms with E-state index in [1.165, 1.54) is 28.9 Å². The zero-order chi connectivity index (χ0) is 18.2. The Hall–Kier alpha value is -1.85. The summed E-state index contributed by atoms with van der Waals surface area (Å²) in [7, 11) is 0. The molecule has 25 heavy (non-hydrogen) atoms. The lowest BCUT2D eigenvalue weighted by molar-refractivity contribution is -0.138. The molecular formula is C20H21NO2S2. The van der Waals surface area contributed by atoms with Gasteiger partial charge in [0.05, 0.1) is 4.70 Å². The quantitative estimate of drug-likeness (QED) is 0.555. The van der Waals surface area contributed by atoms with Crippen LogP contribution >= 0.6 is 23.3 Å². The molecular weight excluding hydrogens is 350 g/mol. The summed E-state index contributed by atoms with van der Waals surface area (Å²) in [5.41, 5.74) is 3.47. The molecule has 0 radical (unpaired) electrons. The van der Waals surface area contributed by atoms with E-state index < -0.39 is 10.7 Å². The average molecular weight is 372 g/mol. The first-order valence-corrected chi connectivity index (χ1v) is 9.78. The Morgan fingerprint density at radius 1 is 1.16 bits per heavy atom. The molecule has 1 N–H and O–H groups in total. The number of rotatable bonds is 5. The van der Waals surface area contributed by atoms with Gasteiger partial charge in [-0.25, -0.2) is 0 Å². The molecule has 0 unspecified atom stereocenters. The molecule has 0 saturated carbocycles. The fourth-order valence-electron chi connectivity index (χ4n) is 2.63. The van der Waals surface area contributed by atoms with E-state index in [1.54, 1.807) is 13.8 Å². The Labute approximate surface area is 156 Å². The van der Waals surface area contributed by atoms with Crippen LogP contribution < -0.4 is 0 Å². The van der Waals surface area contributed by atoms with E-state index >= 15 is 0 Å². The van der Waals surface area contributed by atoms with Gasteiger partial charge >= 0.3 is 5.97 Å². The van der Waals surface area contributed by atoms with Crippen molar-refractivity contribution in [1.82, 2.24) is 4.37 Å². The summed E-state index contributed by atoms with van der Waals surface area (Å²) < 4.78 is 4.52. The highest BCUT2D eigenvalue weighted by molar-refractivity contribution is 8.01. The number of hydrogen-bond donors (Lipinski definition) is 1. The second kappa shape index (κ2) is 6.81. The number of aliphatic carboxylic acids is 1. The van der Waals surface area contributed by atoms with Gasteiger partial charge in [0.25, 0.3) is 0 Å². The Morgan fingerprint density at radius 2 is 1.84 bits per heavy atom. The van der Waals surface area contributed by atoms with Crippen LogP contribution in [-0.2, 0) is 4.79 Å². The second-order valence-electron chi connectivity index (χ2n) is 6.88. The number of thioether (sulfide) groups is 1. The van der Waals surface area contributed by atoms with Crippen molar-refractivity contribution in [2.75, 3.05) is 0 Å². The molecule has 0 saturated heterocycles. The highest BCUT2D eigenvalue weighted by Crippen LogP contribution is 2.43. The lowest BCUT2D eigenvalue weighted by atomic mass is 9.98. The van der Waals surface area contributed by atoms with E-state index in [0.717, 1.165) is 26.1 Å². The Morgan fingerprint density at radius 3 is 2.44 bits per heavy atom. The Bertz CT molecular complexity index is 911. The third kappa shape index (κ3) is 3.58. The highest BCUT2D eigenvalue weighted by atomic mass is 32.2. The first-order chi connectivity index (χ1) is 11.8. The topological polar surface area (TPSA) is 50.2 Å². The minimum Gasteiger partial charge on any atom is -0.480 e. The van der Waals surface area contributed by atoms with Crippen LogP contribution in [0, 0.1) is 0 Å². The lowest BCUT2D eigenvalue weighted by Crippen LogP contribution is -2.26. The maximum atomic E-state index is 11.6. The monoisotopic (exact) mass is 371 g/mol. The minimum atomic E-state index is -0.898. The minimum absolute atomic E-state index is 0.480. The first-order valence-electron chi connectivity index (χ1n) is 8.19. The van der Waals surface area contributed by atoms with Crippen molar-refractivity contribution in [3.05, 3.63) is 48.2 Å². The van der Waals surface area contributed by atoms with E-state index in [2.05, 4.69) is 42.5 Å². The van der Waals surface area contributed by atoms with E-state index in [9.17, 15) is 9.90 Å². The summed E-state index contributed by atoms with van der Waals surface area (Å²) in [4.78, 5) is 12.5. The SMILES string of the molecule is CC(C)c1ccc(-c2c(SC(C)(C)C(=O)O)ccc3cnsc23)cc1. The molecule has 0 atom stereocenters. The number of hydrogen-bond acceptors (Lipinski definition) is 4. The van der Waals surface area contributed by atoms with Gasteiger partial charge in [0.1, 0.15) is 4.75 Å². The molecule has 0 spiro atoms. The molecule has 3 nitrogen and oxygen atoms in total. The molecule has 0 aliphatic carbocycles. The van der Waals surface area contributed by atoms with E-state index in [1.807, 2.05) is 18.3 Å². The van der Waals surface area contributed by atoms with Crippen LogP contribution in [0.5, 0.6) is 0 Å². The average Bonchev–Trinajstić information content (AvgIpc) is 3.03. The van der Waals surface area contributed by atoms with Crippen molar-refractivity contribution in [3.8, 4) is 11.1 Å². The zero-order valence-corrected chi connectivity index (χ0v) is 16.4. The summed E-state index contributed by atoms with van der Waals surface area (Å²) in [6, 6.07) is 12.6. The fraction of sp³-hybridized carbons (Fsp3) is 0.300. The van der Waals surface area contributed by atoms with Crippen LogP contribution in [-0.4, -0.2) is 20.2 Å². The van der Waals surface area contributed by atoms with Crippen LogP contribution in [0.3, 0.4) is 0 Å². The second-order valence-corrected chi connectivity index (χ2v) is 9.34. The van der Waals surface area contributed by atoms with Gasteiger partial charge in [-0.3, -0.25) is 4.79 Å². The molecule has 0 aliphatic rings. The molecule has 1 aromatic heterocycles. The van der Waals surface area contributed by atoms with Gasteiger partial charge in [-0.05, 0) is 48.5 Å². The molecule has 2 aromatic carbocycles. The molecule has 0 fully saturated rings. The Kier molecular flexibility index (Phi) is 4.89. The van der Waals surface area contributed by atoms with Crippen LogP contribution in [0.4, 0.5) is 0 Å². The number of carbonyl (C=O) groups is 1. The maximum Gasteiger partial charge on any atom is 0.319 e. The zero-order valence-electron chi connectivity index (χ0n) is 14.7. The van der Waals surface area contributed by atoms with Crippen LogP contribution in [0.15, 0.2) is 47.5 Å². The van der Waals surface area contributed by atoms with Gasteiger partial charge in [-0.15, -0.1) is 11.8 Å². The molecule has 0 bridgehead atoms. The molecule has 1 heterocycles. The Balaban J connectivity index is 2.15. The molecule has 5 heteroatoms. The van der Waals surface area contributed by atoms with Crippen molar-refractivity contribution in [3.63, 3.8) is 0 Å². The van der Waals surface area contributed by atoms with Crippen LogP contribution in [0.1, 0.15) is 39.2 Å². The van der Waals surface area contributed by atoms with Crippen molar-refractivity contribution >= 4 is 39.3 Å². The molecule has 0 amide bonds. The van der Waals surface area contributed by atoms with Gasteiger partial charge in [0.15, 0.2) is 0 Å². The summed E-state index contributed by atoms with van der Waals surface area (Å²) >= 11 is 2.84. The number of aromatic nitrogens is 1. The lowest BCUT2D eigenvalue weighted by Gasteiger charge is -2.21. The molecule has 0 aliphatic heterocycles. The van der Waals surface area contributed by atoms with Gasteiger partial charge < -0.3 is 5.11 Å². The summed E-state index contributed by atoms with van der Waals surface area (Å²) in [6.07, 6.45) is 1.86. The van der Waals surface area contributed by atoms with E-state index in [-0.39, 0.29) is 0 Å². The first kappa shape index (κ1) is 18.0. The number of carboxylic acids is 1. The van der Waals surface area contributed by atoms with Gasteiger partial charge in [-0.1, -0.05) is 44.2 Å². The molecule has 3 aromatic rings. The number of benzene rings is 2. The largest absolute Gasteiger partial charge is 0.480 e. The number of carboxylic acid groups (broad SMARTS) is 1. The van der Waals surface area contributed by atoms with Crippen LogP contribution in [0.25, 0.3) is 21.2 Å². The normalized spacial score (nSPS) is 12.0. The fourth-order valence-corrected chi connectivity index (χ4v) is 4.60. The van der Waals surface area contributed by atoms with Crippen molar-refractivity contribution in [2.24, 2.45) is 0 Å². The summed E-state index contributed by atoms with van der Waals surface area (Å²) in [6.45, 7) is 7.83. The molecule has 130 valence electrons. The summed E-state index contributed by atoms with van der Waals surface area (Å²) in [5.74, 6) is -0.337. The van der Waals surface area contributed by atoms with Crippen molar-refractivity contribution < 1.29 is 9.90 Å². The molecule has 3 rings (SSSR count). The standard InChI is InChI=1S/C20H21NO2S2/c1-12(2)13-5-7-14(8-6-13)17-16(24-20(3,4)19(22)23)10-9-15-11-21-25-18(15)17/h5-12H,1-4H3,(H,22,23). The smallest absolute Gasteiger partial charge is 0.319 e. The third-order valence-corrected chi connectivity index (χ3v) is 6.31. The van der Waals surface area contributed by atoms with Crippen LogP contribution in [0.2, 0.25) is 0 Å². The van der Waals surface area contributed by atoms with E-state index in [4.69, 9.17) is 0 Å². The number of fused-ring (bicyclic) bond motifs is 1. The van der Waals surface area contributed by atoms with Gasteiger partial charge in [-0.2, -0.15) is 4.37 Å². The maximum absolute atomic E-state index is 11.6.